The lowest BCUT2D eigenvalue weighted by atomic mass is 10.1. The smallest absolute Gasteiger partial charge is 0.260 e. The van der Waals surface area contributed by atoms with Gasteiger partial charge in [0.15, 0.2) is 12.4 Å². The van der Waals surface area contributed by atoms with Crippen LogP contribution in [-0.2, 0) is 24.3 Å². The number of benzene rings is 1. The van der Waals surface area contributed by atoms with Crippen molar-refractivity contribution in [1.82, 2.24) is 14.7 Å². The van der Waals surface area contributed by atoms with Gasteiger partial charge in [-0.05, 0) is 41.1 Å². The number of rotatable bonds is 5. The van der Waals surface area contributed by atoms with E-state index >= 15 is 0 Å². The Morgan fingerprint density at radius 3 is 2.96 bits per heavy atom. The summed E-state index contributed by atoms with van der Waals surface area (Å²) in [6.45, 7) is 1.91. The van der Waals surface area contributed by atoms with Crippen LogP contribution in [0.3, 0.4) is 0 Å². The molecule has 0 aliphatic carbocycles. The third-order valence-electron chi connectivity index (χ3n) is 4.39. The van der Waals surface area contributed by atoms with Crippen LogP contribution in [0.1, 0.15) is 16.0 Å². The number of carbonyl (C=O) groups is 1. The Morgan fingerprint density at radius 1 is 1.27 bits per heavy atom. The highest BCUT2D eigenvalue weighted by molar-refractivity contribution is 7.10. The summed E-state index contributed by atoms with van der Waals surface area (Å²) in [5, 5.41) is 6.30. The molecule has 1 aromatic carbocycles. The van der Waals surface area contributed by atoms with Crippen LogP contribution in [0.4, 0.5) is 4.39 Å². The van der Waals surface area contributed by atoms with Gasteiger partial charge < -0.3 is 9.64 Å². The zero-order valence-corrected chi connectivity index (χ0v) is 14.9. The molecule has 3 heterocycles. The zero-order valence-electron chi connectivity index (χ0n) is 14.1. The summed E-state index contributed by atoms with van der Waals surface area (Å²) in [6.07, 6.45) is 4.24. The number of halogens is 1. The van der Waals surface area contributed by atoms with Crippen LogP contribution in [-0.4, -0.2) is 33.7 Å². The van der Waals surface area contributed by atoms with Crippen LogP contribution in [0, 0.1) is 5.82 Å². The van der Waals surface area contributed by atoms with Crippen LogP contribution < -0.4 is 4.74 Å². The number of hydrogen-bond acceptors (Lipinski definition) is 4. The summed E-state index contributed by atoms with van der Waals surface area (Å²) >= 11 is 1.75. The Morgan fingerprint density at radius 2 is 2.12 bits per heavy atom. The molecule has 3 aromatic rings. The minimum absolute atomic E-state index is 0.00170. The predicted octanol–water partition coefficient (Wildman–Crippen LogP) is 3.10. The lowest BCUT2D eigenvalue weighted by Gasteiger charge is -2.26. The number of thiophene rings is 1. The molecule has 26 heavy (non-hydrogen) atoms. The molecule has 0 atom stereocenters. The molecule has 1 aliphatic heterocycles. The van der Waals surface area contributed by atoms with Crippen molar-refractivity contribution in [2.75, 3.05) is 13.2 Å². The fourth-order valence-electron chi connectivity index (χ4n) is 2.98. The highest BCUT2D eigenvalue weighted by Crippen LogP contribution is 2.24. The van der Waals surface area contributed by atoms with Gasteiger partial charge >= 0.3 is 0 Å². The molecule has 0 spiro atoms. The van der Waals surface area contributed by atoms with Gasteiger partial charge in [0, 0.05) is 18.0 Å². The van der Waals surface area contributed by atoms with Crippen molar-refractivity contribution in [3.8, 4) is 5.75 Å². The van der Waals surface area contributed by atoms with Gasteiger partial charge in [0.05, 0.1) is 18.9 Å². The second-order valence-corrected chi connectivity index (χ2v) is 7.22. The fourth-order valence-corrected chi connectivity index (χ4v) is 3.87. The number of carbonyl (C=O) groups excluding carboxylic acids is 1. The lowest BCUT2D eigenvalue weighted by molar-refractivity contribution is -0.134. The van der Waals surface area contributed by atoms with Crippen molar-refractivity contribution in [2.24, 2.45) is 0 Å². The highest BCUT2D eigenvalue weighted by Gasteiger charge is 2.21. The number of fused-ring (bicyclic) bond motifs is 1. The van der Waals surface area contributed by atoms with Gasteiger partial charge in [0.1, 0.15) is 5.82 Å². The van der Waals surface area contributed by atoms with Crippen molar-refractivity contribution >= 4 is 17.2 Å². The third kappa shape index (κ3) is 3.77. The van der Waals surface area contributed by atoms with Crippen LogP contribution in [0.2, 0.25) is 0 Å². The largest absolute Gasteiger partial charge is 0.480 e. The minimum Gasteiger partial charge on any atom is -0.480 e. The Kier molecular flexibility index (Phi) is 4.71. The topological polar surface area (TPSA) is 47.4 Å². The summed E-state index contributed by atoms with van der Waals surface area (Å²) in [5.41, 5.74) is 2.18. The van der Waals surface area contributed by atoms with Crippen molar-refractivity contribution in [2.45, 2.75) is 19.5 Å². The highest BCUT2D eigenvalue weighted by atomic mass is 32.1. The molecule has 1 amide bonds. The van der Waals surface area contributed by atoms with Gasteiger partial charge in [-0.15, -0.1) is 11.3 Å². The van der Waals surface area contributed by atoms with E-state index in [0.717, 1.165) is 18.5 Å². The number of hydrogen-bond donors (Lipinski definition) is 0. The molecule has 0 unspecified atom stereocenters. The van der Waals surface area contributed by atoms with E-state index in [1.807, 2.05) is 4.90 Å². The van der Waals surface area contributed by atoms with Crippen molar-refractivity contribution < 1.29 is 13.9 Å². The SMILES string of the molecule is O=C(COc1cnn(Cc2ccc(F)cc2)c1)N1CCc2sccc2C1. The molecule has 7 heteroatoms. The normalized spacial score (nSPS) is 13.5. The standard InChI is InChI=1S/C19H18FN3O2S/c20-16-3-1-14(2-4-16)10-23-12-17(9-21-23)25-13-19(24)22-7-5-18-15(11-22)6-8-26-18/h1-4,6,8-9,12H,5,7,10-11,13H2. The van der Waals surface area contributed by atoms with E-state index in [9.17, 15) is 9.18 Å². The van der Waals surface area contributed by atoms with Crippen molar-refractivity contribution in [3.05, 3.63) is 69.9 Å². The maximum absolute atomic E-state index is 12.9. The molecule has 0 saturated heterocycles. The summed E-state index contributed by atoms with van der Waals surface area (Å²) < 4.78 is 20.2. The van der Waals surface area contributed by atoms with Crippen LogP contribution in [0.25, 0.3) is 0 Å². The molecule has 2 aromatic heterocycles. The van der Waals surface area contributed by atoms with E-state index in [1.54, 1.807) is 40.5 Å². The van der Waals surface area contributed by atoms with Gasteiger partial charge in [0.2, 0.25) is 0 Å². The fraction of sp³-hybridized carbons (Fsp3) is 0.263. The second-order valence-electron chi connectivity index (χ2n) is 6.22. The first-order chi connectivity index (χ1) is 12.7. The molecular weight excluding hydrogens is 353 g/mol. The molecule has 1 aliphatic rings. The van der Waals surface area contributed by atoms with Gasteiger partial charge in [-0.2, -0.15) is 5.10 Å². The molecule has 0 radical (unpaired) electrons. The van der Waals surface area contributed by atoms with Crippen LogP contribution >= 0.6 is 11.3 Å². The molecule has 0 fully saturated rings. The van der Waals surface area contributed by atoms with E-state index in [1.165, 1.54) is 22.6 Å². The monoisotopic (exact) mass is 371 g/mol. The number of amides is 1. The Labute approximate surface area is 154 Å². The molecular formula is C19H18FN3O2S. The predicted molar refractivity (Wildman–Crippen MR) is 96.7 cm³/mol. The quantitative estimate of drug-likeness (QED) is 0.692. The molecule has 4 rings (SSSR count). The zero-order chi connectivity index (χ0) is 17.9. The van der Waals surface area contributed by atoms with E-state index in [2.05, 4.69) is 16.5 Å². The lowest BCUT2D eigenvalue weighted by Crippen LogP contribution is -2.38. The molecule has 0 N–H and O–H groups in total. The maximum atomic E-state index is 12.9. The van der Waals surface area contributed by atoms with Crippen LogP contribution in [0.15, 0.2) is 48.1 Å². The number of ether oxygens (including phenoxy) is 1. The Bertz CT molecular complexity index is 904. The van der Waals surface area contributed by atoms with E-state index in [0.29, 0.717) is 18.8 Å². The first kappa shape index (κ1) is 16.8. The van der Waals surface area contributed by atoms with E-state index in [-0.39, 0.29) is 18.3 Å². The third-order valence-corrected chi connectivity index (χ3v) is 5.41. The van der Waals surface area contributed by atoms with Gasteiger partial charge in [-0.25, -0.2) is 4.39 Å². The summed E-state index contributed by atoms with van der Waals surface area (Å²) in [5.74, 6) is 0.269. The van der Waals surface area contributed by atoms with E-state index in [4.69, 9.17) is 4.74 Å². The average molecular weight is 371 g/mol. The number of nitrogens with zero attached hydrogens (tertiary/aromatic N) is 3. The average Bonchev–Trinajstić information content (AvgIpc) is 3.30. The molecule has 0 saturated carbocycles. The summed E-state index contributed by atoms with van der Waals surface area (Å²) in [7, 11) is 0. The minimum atomic E-state index is -0.260. The summed E-state index contributed by atoms with van der Waals surface area (Å²) in [4.78, 5) is 15.6. The van der Waals surface area contributed by atoms with Gasteiger partial charge in [-0.3, -0.25) is 9.48 Å². The first-order valence-corrected chi connectivity index (χ1v) is 9.28. The first-order valence-electron chi connectivity index (χ1n) is 8.40. The Hall–Kier alpha value is -2.67. The Balaban J connectivity index is 1.30. The molecule has 134 valence electrons. The number of aromatic nitrogens is 2. The summed E-state index contributed by atoms with van der Waals surface area (Å²) in [6, 6.07) is 8.37. The van der Waals surface area contributed by atoms with Crippen molar-refractivity contribution in [3.63, 3.8) is 0 Å². The van der Waals surface area contributed by atoms with Gasteiger partial charge in [0.25, 0.3) is 5.91 Å². The van der Waals surface area contributed by atoms with Crippen LogP contribution in [0.5, 0.6) is 5.75 Å². The maximum Gasteiger partial charge on any atom is 0.260 e. The second kappa shape index (κ2) is 7.29. The van der Waals surface area contributed by atoms with Gasteiger partial charge in [-0.1, -0.05) is 12.1 Å². The molecule has 5 nitrogen and oxygen atoms in total. The van der Waals surface area contributed by atoms with Crippen molar-refractivity contribution in [1.29, 1.82) is 0 Å². The van der Waals surface area contributed by atoms with E-state index < -0.39 is 0 Å². The molecule has 0 bridgehead atoms.